The minimum Gasteiger partial charge on any atom is -0.449 e. The highest BCUT2D eigenvalue weighted by molar-refractivity contribution is 6.35. The minimum absolute atomic E-state index is 0.340. The number of hydrogen-bond acceptors (Lipinski definition) is 3. The summed E-state index contributed by atoms with van der Waals surface area (Å²) in [5, 5.41) is 5.47. The van der Waals surface area contributed by atoms with Crippen LogP contribution in [0.1, 0.15) is 12.5 Å². The van der Waals surface area contributed by atoms with E-state index in [0.717, 1.165) is 16.3 Å². The first kappa shape index (κ1) is 19.9. The van der Waals surface area contributed by atoms with Crippen molar-refractivity contribution in [3.05, 3.63) is 82.3 Å². The maximum absolute atomic E-state index is 12.2. The van der Waals surface area contributed by atoms with Crippen molar-refractivity contribution < 1.29 is 14.3 Å². The van der Waals surface area contributed by atoms with Gasteiger partial charge in [0.2, 0.25) is 0 Å². The van der Waals surface area contributed by atoms with E-state index in [1.54, 1.807) is 18.2 Å². The zero-order valence-corrected chi connectivity index (χ0v) is 16.5. The van der Waals surface area contributed by atoms with E-state index < -0.39 is 18.0 Å². The van der Waals surface area contributed by atoms with Gasteiger partial charge in [-0.2, -0.15) is 0 Å². The average Bonchev–Trinajstić information content (AvgIpc) is 2.69. The molecule has 0 saturated carbocycles. The lowest BCUT2D eigenvalue weighted by atomic mass is 10.0. The van der Waals surface area contributed by atoms with Gasteiger partial charge in [0.15, 0.2) is 6.10 Å². The predicted molar refractivity (Wildman–Crippen MR) is 114 cm³/mol. The molecule has 0 aliphatic heterocycles. The van der Waals surface area contributed by atoms with Gasteiger partial charge >= 0.3 is 5.97 Å². The van der Waals surface area contributed by atoms with Crippen molar-refractivity contribution in [2.24, 2.45) is 0 Å². The van der Waals surface area contributed by atoms with E-state index in [9.17, 15) is 9.59 Å². The third-order valence-electron chi connectivity index (χ3n) is 4.07. The third kappa shape index (κ3) is 4.91. The molecule has 0 heterocycles. The molecule has 0 aromatic heterocycles. The number of amides is 1. The van der Waals surface area contributed by atoms with Gasteiger partial charge < -0.3 is 10.1 Å². The highest BCUT2D eigenvalue weighted by atomic mass is 35.5. The summed E-state index contributed by atoms with van der Waals surface area (Å²) in [6.07, 6.45) is 1.97. The second-order valence-electron chi connectivity index (χ2n) is 6.09. The number of anilines is 1. The molecule has 0 radical (unpaired) electrons. The van der Waals surface area contributed by atoms with Gasteiger partial charge in [-0.25, -0.2) is 4.79 Å². The van der Waals surface area contributed by atoms with Gasteiger partial charge in [0.1, 0.15) is 0 Å². The van der Waals surface area contributed by atoms with Crippen LogP contribution >= 0.6 is 23.2 Å². The molecular weight excluding hydrogens is 397 g/mol. The largest absolute Gasteiger partial charge is 0.449 e. The molecule has 0 fully saturated rings. The molecule has 3 rings (SSSR count). The lowest BCUT2D eigenvalue weighted by Crippen LogP contribution is -2.29. The lowest BCUT2D eigenvalue weighted by Gasteiger charge is -2.13. The molecule has 0 spiro atoms. The summed E-state index contributed by atoms with van der Waals surface area (Å²) in [7, 11) is 0. The van der Waals surface area contributed by atoms with Crippen LogP contribution in [-0.2, 0) is 14.3 Å². The number of fused-ring (bicyclic) bond motifs is 1. The second kappa shape index (κ2) is 8.91. The number of halogens is 2. The number of carbonyl (C=O) groups excluding carboxylic acids is 2. The highest BCUT2D eigenvalue weighted by Crippen LogP contribution is 2.25. The fourth-order valence-corrected chi connectivity index (χ4v) is 2.99. The van der Waals surface area contributed by atoms with Crippen LogP contribution < -0.4 is 5.32 Å². The molecule has 4 nitrogen and oxygen atoms in total. The van der Waals surface area contributed by atoms with Crippen LogP contribution in [0.5, 0.6) is 0 Å². The summed E-state index contributed by atoms with van der Waals surface area (Å²) in [5.41, 5.74) is 1.24. The average molecular weight is 414 g/mol. The number of carbonyl (C=O) groups is 2. The van der Waals surface area contributed by atoms with Crippen molar-refractivity contribution in [2.75, 3.05) is 5.32 Å². The number of hydrogen-bond donors (Lipinski definition) is 1. The van der Waals surface area contributed by atoms with E-state index in [2.05, 4.69) is 5.32 Å². The number of benzene rings is 3. The smallest absolute Gasteiger partial charge is 0.331 e. The maximum atomic E-state index is 12.2. The van der Waals surface area contributed by atoms with Crippen LogP contribution in [0.4, 0.5) is 5.69 Å². The zero-order chi connectivity index (χ0) is 20.1. The van der Waals surface area contributed by atoms with Gasteiger partial charge in [0.05, 0.1) is 10.7 Å². The van der Waals surface area contributed by atoms with Crippen molar-refractivity contribution in [2.45, 2.75) is 13.0 Å². The number of ether oxygens (including phenoxy) is 1. The van der Waals surface area contributed by atoms with Crippen molar-refractivity contribution in [3.8, 4) is 0 Å². The Kier molecular flexibility index (Phi) is 6.34. The quantitative estimate of drug-likeness (QED) is 0.429. The van der Waals surface area contributed by atoms with Crippen LogP contribution in [-0.4, -0.2) is 18.0 Å². The zero-order valence-electron chi connectivity index (χ0n) is 15.0. The predicted octanol–water partition coefficient (Wildman–Crippen LogP) is 5.73. The Balaban J connectivity index is 1.64. The molecule has 0 bridgehead atoms. The van der Waals surface area contributed by atoms with Gasteiger partial charge in [0.25, 0.3) is 5.91 Å². The number of esters is 1. The lowest BCUT2D eigenvalue weighted by molar-refractivity contribution is -0.148. The topological polar surface area (TPSA) is 55.4 Å². The molecule has 3 aromatic carbocycles. The molecule has 142 valence electrons. The molecule has 3 aromatic rings. The number of rotatable bonds is 5. The van der Waals surface area contributed by atoms with Crippen LogP contribution in [0.3, 0.4) is 0 Å². The minimum atomic E-state index is -1.00. The Bertz CT molecular complexity index is 1060. The normalized spacial score (nSPS) is 12.1. The standard InChI is InChI=1S/C22H17Cl2NO3/c1-14(22(27)25-20-13-17(23)10-11-19(20)24)28-21(26)12-9-16-7-4-6-15-5-2-3-8-18(15)16/h2-14H,1H3,(H,25,27)/b12-9+. The van der Waals surface area contributed by atoms with Gasteiger partial charge in [-0.3, -0.25) is 4.79 Å². The van der Waals surface area contributed by atoms with Crippen LogP contribution in [0, 0.1) is 0 Å². The van der Waals surface area contributed by atoms with Gasteiger partial charge in [-0.1, -0.05) is 65.7 Å². The van der Waals surface area contributed by atoms with E-state index in [4.69, 9.17) is 27.9 Å². The summed E-state index contributed by atoms with van der Waals surface area (Å²) in [5.74, 6) is -1.12. The SMILES string of the molecule is CC(OC(=O)/C=C/c1cccc2ccccc12)C(=O)Nc1cc(Cl)ccc1Cl. The van der Waals surface area contributed by atoms with Gasteiger partial charge in [0, 0.05) is 11.1 Å². The summed E-state index contributed by atoms with van der Waals surface area (Å²) in [4.78, 5) is 24.4. The van der Waals surface area contributed by atoms with E-state index >= 15 is 0 Å². The molecule has 1 amide bonds. The Morgan fingerprint density at radius 2 is 1.79 bits per heavy atom. The van der Waals surface area contributed by atoms with Crippen LogP contribution in [0.2, 0.25) is 10.0 Å². The van der Waals surface area contributed by atoms with E-state index in [-0.39, 0.29) is 0 Å². The fraction of sp³-hybridized carbons (Fsp3) is 0.0909. The first-order valence-electron chi connectivity index (χ1n) is 8.56. The molecule has 28 heavy (non-hydrogen) atoms. The maximum Gasteiger partial charge on any atom is 0.331 e. The van der Waals surface area contributed by atoms with Crippen molar-refractivity contribution in [1.29, 1.82) is 0 Å². The first-order valence-corrected chi connectivity index (χ1v) is 9.32. The number of nitrogens with one attached hydrogen (secondary N) is 1. The molecular formula is C22H17Cl2NO3. The Morgan fingerprint density at radius 1 is 1.04 bits per heavy atom. The summed E-state index contributed by atoms with van der Waals surface area (Å²) in [6, 6.07) is 18.4. The summed E-state index contributed by atoms with van der Waals surface area (Å²) < 4.78 is 5.17. The Labute approximate surface area is 172 Å². The fourth-order valence-electron chi connectivity index (χ4n) is 2.65. The summed E-state index contributed by atoms with van der Waals surface area (Å²) in [6.45, 7) is 1.48. The van der Waals surface area contributed by atoms with E-state index in [0.29, 0.717) is 15.7 Å². The Hall–Kier alpha value is -2.82. The third-order valence-corrected chi connectivity index (χ3v) is 4.64. The van der Waals surface area contributed by atoms with Gasteiger partial charge in [-0.05, 0) is 47.5 Å². The molecule has 1 atom stereocenters. The Morgan fingerprint density at radius 3 is 2.61 bits per heavy atom. The van der Waals surface area contributed by atoms with E-state index in [1.807, 2.05) is 42.5 Å². The monoisotopic (exact) mass is 413 g/mol. The van der Waals surface area contributed by atoms with E-state index in [1.165, 1.54) is 19.1 Å². The van der Waals surface area contributed by atoms with Crippen molar-refractivity contribution in [3.63, 3.8) is 0 Å². The van der Waals surface area contributed by atoms with Crippen molar-refractivity contribution >= 4 is 57.6 Å². The molecule has 0 saturated heterocycles. The van der Waals surface area contributed by atoms with Gasteiger partial charge in [-0.15, -0.1) is 0 Å². The highest BCUT2D eigenvalue weighted by Gasteiger charge is 2.18. The summed E-state index contributed by atoms with van der Waals surface area (Å²) >= 11 is 11.9. The van der Waals surface area contributed by atoms with Crippen LogP contribution in [0.15, 0.2) is 66.7 Å². The van der Waals surface area contributed by atoms with Crippen LogP contribution in [0.25, 0.3) is 16.8 Å². The second-order valence-corrected chi connectivity index (χ2v) is 6.94. The molecule has 6 heteroatoms. The van der Waals surface area contributed by atoms with Crippen molar-refractivity contribution in [1.82, 2.24) is 0 Å². The first-order chi connectivity index (χ1) is 13.4. The molecule has 1 N–H and O–H groups in total. The molecule has 0 aliphatic rings. The molecule has 0 aliphatic carbocycles. The molecule has 1 unspecified atom stereocenters.